The van der Waals surface area contributed by atoms with Gasteiger partial charge in [-0.15, -0.1) is 0 Å². The molecule has 1 fully saturated rings. The van der Waals surface area contributed by atoms with Crippen molar-refractivity contribution in [2.24, 2.45) is 11.5 Å². The van der Waals surface area contributed by atoms with Gasteiger partial charge < -0.3 is 11.5 Å². The van der Waals surface area contributed by atoms with Gasteiger partial charge in [0.25, 0.3) is 0 Å². The summed E-state index contributed by atoms with van der Waals surface area (Å²) < 4.78 is 1.72. The van der Waals surface area contributed by atoms with Crippen LogP contribution in [0, 0.1) is 0 Å². The molecule has 1 unspecified atom stereocenters. The molecule has 0 radical (unpaired) electrons. The van der Waals surface area contributed by atoms with E-state index in [0.29, 0.717) is 18.9 Å². The van der Waals surface area contributed by atoms with E-state index in [-0.39, 0.29) is 0 Å². The molecule has 6 heteroatoms. The summed E-state index contributed by atoms with van der Waals surface area (Å²) in [5.41, 5.74) is 9.96. The van der Waals surface area contributed by atoms with Crippen molar-refractivity contribution < 1.29 is 4.79 Å². The zero-order chi connectivity index (χ0) is 11.8. The van der Waals surface area contributed by atoms with E-state index in [1.807, 2.05) is 0 Å². The molecule has 1 amide bonds. The highest BCUT2D eigenvalue weighted by Crippen LogP contribution is 2.37. The molecule has 0 aromatic carbocycles. The number of amides is 1. The summed E-state index contributed by atoms with van der Waals surface area (Å²) in [5, 5.41) is 4.33. The van der Waals surface area contributed by atoms with Crippen molar-refractivity contribution in [1.29, 1.82) is 0 Å². The third-order valence-electron chi connectivity index (χ3n) is 2.92. The maximum absolute atomic E-state index is 11.0. The van der Waals surface area contributed by atoms with Crippen molar-refractivity contribution in [1.82, 2.24) is 14.8 Å². The summed E-state index contributed by atoms with van der Waals surface area (Å²) in [6.07, 6.45) is 4.51. The fourth-order valence-electron chi connectivity index (χ4n) is 1.42. The van der Waals surface area contributed by atoms with Crippen LogP contribution in [0.5, 0.6) is 0 Å². The van der Waals surface area contributed by atoms with Crippen LogP contribution < -0.4 is 11.5 Å². The quantitative estimate of drug-likeness (QED) is 0.718. The smallest absolute Gasteiger partial charge is 0.237 e. The second-order valence-corrected chi connectivity index (χ2v) is 4.67. The Hall–Kier alpha value is -1.43. The Morgan fingerprint density at radius 1 is 1.69 bits per heavy atom. The summed E-state index contributed by atoms with van der Waals surface area (Å²) in [6, 6.07) is 0. The summed E-state index contributed by atoms with van der Waals surface area (Å²) in [5.74, 6) is 0.953. The number of nitrogens with two attached hydrogens (primary N) is 2. The largest absolute Gasteiger partial charge is 0.368 e. The molecule has 2 rings (SSSR count). The van der Waals surface area contributed by atoms with Crippen LogP contribution in [0.25, 0.3) is 0 Å². The van der Waals surface area contributed by atoms with E-state index in [1.54, 1.807) is 17.9 Å². The van der Waals surface area contributed by atoms with Crippen LogP contribution >= 0.6 is 0 Å². The van der Waals surface area contributed by atoms with Gasteiger partial charge in [0.15, 0.2) is 5.82 Å². The standard InChI is InChI=1S/C10H17N5O/c1-10(12,9(11)16)4-5-15-6-13-8(14-15)7-2-3-7/h6-7H,2-5,12H2,1H3,(H2,11,16). The Morgan fingerprint density at radius 3 is 2.94 bits per heavy atom. The summed E-state index contributed by atoms with van der Waals surface area (Å²) in [6.45, 7) is 2.20. The van der Waals surface area contributed by atoms with Crippen molar-refractivity contribution in [3.8, 4) is 0 Å². The number of primary amides is 1. The summed E-state index contributed by atoms with van der Waals surface area (Å²) in [7, 11) is 0. The molecule has 0 bridgehead atoms. The van der Waals surface area contributed by atoms with Crippen LogP contribution in [0.1, 0.15) is 37.9 Å². The molecule has 0 spiro atoms. The lowest BCUT2D eigenvalue weighted by molar-refractivity contribution is -0.122. The molecule has 0 saturated heterocycles. The van der Waals surface area contributed by atoms with Crippen molar-refractivity contribution in [3.63, 3.8) is 0 Å². The number of carbonyl (C=O) groups excluding carboxylic acids is 1. The molecule has 6 nitrogen and oxygen atoms in total. The molecule has 1 saturated carbocycles. The van der Waals surface area contributed by atoms with E-state index >= 15 is 0 Å². The Labute approximate surface area is 94.0 Å². The van der Waals surface area contributed by atoms with Crippen LogP contribution in [-0.2, 0) is 11.3 Å². The van der Waals surface area contributed by atoms with Crippen molar-refractivity contribution in [3.05, 3.63) is 12.2 Å². The van der Waals surface area contributed by atoms with Gasteiger partial charge in [-0.2, -0.15) is 5.10 Å². The number of aryl methyl sites for hydroxylation is 1. The molecule has 4 N–H and O–H groups in total. The zero-order valence-electron chi connectivity index (χ0n) is 9.39. The van der Waals surface area contributed by atoms with Gasteiger partial charge in [0.1, 0.15) is 6.33 Å². The lowest BCUT2D eigenvalue weighted by Crippen LogP contribution is -2.49. The molecular weight excluding hydrogens is 206 g/mol. The first-order chi connectivity index (χ1) is 7.49. The van der Waals surface area contributed by atoms with Gasteiger partial charge in [0.05, 0.1) is 5.54 Å². The van der Waals surface area contributed by atoms with Crippen LogP contribution in [0.15, 0.2) is 6.33 Å². The highest BCUT2D eigenvalue weighted by molar-refractivity contribution is 5.83. The minimum Gasteiger partial charge on any atom is -0.368 e. The average Bonchev–Trinajstić information content (AvgIpc) is 2.95. The Morgan fingerprint density at radius 2 is 2.38 bits per heavy atom. The molecule has 1 aliphatic rings. The van der Waals surface area contributed by atoms with Gasteiger partial charge in [-0.1, -0.05) is 0 Å². The Kier molecular flexibility index (Phi) is 2.67. The number of hydrogen-bond donors (Lipinski definition) is 2. The fraction of sp³-hybridized carbons (Fsp3) is 0.700. The van der Waals surface area contributed by atoms with E-state index in [9.17, 15) is 4.79 Å². The lowest BCUT2D eigenvalue weighted by atomic mass is 9.99. The van der Waals surface area contributed by atoms with Gasteiger partial charge >= 0.3 is 0 Å². The molecule has 1 aliphatic carbocycles. The number of hydrogen-bond acceptors (Lipinski definition) is 4. The maximum atomic E-state index is 11.0. The van der Waals surface area contributed by atoms with Gasteiger partial charge in [-0.3, -0.25) is 9.48 Å². The van der Waals surface area contributed by atoms with Crippen LogP contribution in [0.3, 0.4) is 0 Å². The van der Waals surface area contributed by atoms with Gasteiger partial charge in [-0.05, 0) is 26.2 Å². The minimum atomic E-state index is -0.980. The van der Waals surface area contributed by atoms with E-state index in [2.05, 4.69) is 10.1 Å². The number of rotatable bonds is 5. The normalized spacial score (nSPS) is 19.4. The van der Waals surface area contributed by atoms with Gasteiger partial charge in [0, 0.05) is 12.5 Å². The third-order valence-corrected chi connectivity index (χ3v) is 2.92. The second kappa shape index (κ2) is 3.86. The average molecular weight is 223 g/mol. The third kappa shape index (κ3) is 2.38. The van der Waals surface area contributed by atoms with Crippen molar-refractivity contribution in [2.45, 2.75) is 44.2 Å². The number of nitrogens with zero attached hydrogens (tertiary/aromatic N) is 3. The highest BCUT2D eigenvalue weighted by atomic mass is 16.1. The molecular formula is C10H17N5O. The highest BCUT2D eigenvalue weighted by Gasteiger charge is 2.28. The van der Waals surface area contributed by atoms with Gasteiger partial charge in [0.2, 0.25) is 5.91 Å². The first-order valence-corrected chi connectivity index (χ1v) is 5.47. The molecule has 1 aromatic rings. The Balaban J connectivity index is 1.91. The van der Waals surface area contributed by atoms with E-state index in [4.69, 9.17) is 11.5 Å². The van der Waals surface area contributed by atoms with E-state index in [1.165, 1.54) is 12.8 Å². The molecule has 1 atom stereocenters. The second-order valence-electron chi connectivity index (χ2n) is 4.67. The molecule has 1 aromatic heterocycles. The number of carbonyl (C=O) groups is 1. The van der Waals surface area contributed by atoms with E-state index < -0.39 is 11.4 Å². The SMILES string of the molecule is CC(N)(CCn1cnc(C2CC2)n1)C(N)=O. The monoisotopic (exact) mass is 223 g/mol. The maximum Gasteiger partial charge on any atom is 0.237 e. The van der Waals surface area contributed by atoms with Gasteiger partial charge in [-0.25, -0.2) is 4.98 Å². The summed E-state index contributed by atoms with van der Waals surface area (Å²) >= 11 is 0. The first-order valence-electron chi connectivity index (χ1n) is 5.47. The van der Waals surface area contributed by atoms with E-state index in [0.717, 1.165) is 5.82 Å². The molecule has 88 valence electrons. The molecule has 16 heavy (non-hydrogen) atoms. The predicted molar refractivity (Wildman–Crippen MR) is 58.4 cm³/mol. The van der Waals surface area contributed by atoms with Crippen LogP contribution in [0.4, 0.5) is 0 Å². The minimum absolute atomic E-state index is 0.468. The zero-order valence-corrected chi connectivity index (χ0v) is 9.39. The van der Waals surface area contributed by atoms with Crippen molar-refractivity contribution in [2.75, 3.05) is 0 Å². The fourth-order valence-corrected chi connectivity index (χ4v) is 1.42. The van der Waals surface area contributed by atoms with Crippen LogP contribution in [0.2, 0.25) is 0 Å². The predicted octanol–water partition coefficient (Wildman–Crippen LogP) is -0.252. The lowest BCUT2D eigenvalue weighted by Gasteiger charge is -2.19. The summed E-state index contributed by atoms with van der Waals surface area (Å²) in [4.78, 5) is 15.2. The Bertz CT molecular complexity index is 394. The first kappa shape index (κ1) is 11.1. The van der Waals surface area contributed by atoms with Crippen LogP contribution in [-0.4, -0.2) is 26.2 Å². The molecule has 1 heterocycles. The topological polar surface area (TPSA) is 99.8 Å². The number of aromatic nitrogens is 3. The van der Waals surface area contributed by atoms with Crippen molar-refractivity contribution >= 4 is 5.91 Å². The molecule has 0 aliphatic heterocycles.